The molecule has 0 aromatic heterocycles. The molecule has 6 heteroatoms. The topological polar surface area (TPSA) is 59.0 Å². The Hall–Kier alpha value is -3.55. The molecule has 5 nitrogen and oxygen atoms in total. The van der Waals surface area contributed by atoms with Crippen LogP contribution in [0.5, 0.6) is 0 Å². The minimum Gasteiger partial charge on any atom is -0.466 e. The number of hydrogen-bond donors (Lipinski definition) is 1. The lowest BCUT2D eigenvalue weighted by molar-refractivity contribution is -0.146. The fourth-order valence-electron chi connectivity index (χ4n) is 5.88. The van der Waals surface area contributed by atoms with Crippen molar-refractivity contribution in [3.63, 3.8) is 0 Å². The van der Waals surface area contributed by atoms with Gasteiger partial charge in [-0.1, -0.05) is 142 Å². The fourth-order valence-corrected chi connectivity index (χ4v) is 10.5. The molecule has 226 valence electrons. The molecule has 0 saturated carbocycles. The normalized spacial score (nSPS) is 13.4. The van der Waals surface area contributed by atoms with Crippen LogP contribution in [0.25, 0.3) is 0 Å². The molecule has 0 amide bonds. The monoisotopic (exact) mass is 595 g/mol. The summed E-state index contributed by atoms with van der Waals surface area (Å²) in [5, 5.41) is 13.9. The Labute approximate surface area is 258 Å². The molecule has 0 radical (unpaired) electrons. The lowest BCUT2D eigenvalue weighted by atomic mass is 10.0. The van der Waals surface area contributed by atoms with E-state index in [1.54, 1.807) is 6.92 Å². The van der Waals surface area contributed by atoms with Crippen LogP contribution in [0.4, 0.5) is 0 Å². The maximum atomic E-state index is 12.7. The smallest absolute Gasteiger partial charge is 0.308 e. The molecule has 4 aromatic rings. The highest BCUT2D eigenvalue weighted by Crippen LogP contribution is 2.37. The molecule has 0 saturated heterocycles. The molecule has 1 N–H and O–H groups in total. The molecule has 0 fully saturated rings. The van der Waals surface area contributed by atoms with E-state index >= 15 is 0 Å². The second kappa shape index (κ2) is 15.3. The van der Waals surface area contributed by atoms with Gasteiger partial charge in [-0.25, -0.2) is 0 Å². The van der Waals surface area contributed by atoms with Crippen LogP contribution in [0.2, 0.25) is 5.04 Å². The summed E-state index contributed by atoms with van der Waals surface area (Å²) >= 11 is 0. The number of hydrogen-bond acceptors (Lipinski definition) is 5. The van der Waals surface area contributed by atoms with Gasteiger partial charge >= 0.3 is 5.97 Å². The summed E-state index contributed by atoms with van der Waals surface area (Å²) in [6.45, 7) is 10.2. The van der Waals surface area contributed by atoms with Crippen LogP contribution in [-0.2, 0) is 27.0 Å². The first kappa shape index (κ1) is 32.4. The van der Waals surface area contributed by atoms with Gasteiger partial charge in [-0.3, -0.25) is 9.69 Å². The van der Waals surface area contributed by atoms with Gasteiger partial charge < -0.3 is 14.3 Å². The van der Waals surface area contributed by atoms with Crippen LogP contribution in [0.15, 0.2) is 121 Å². The van der Waals surface area contributed by atoms with E-state index in [-0.39, 0.29) is 24.7 Å². The molecule has 4 rings (SSSR count). The van der Waals surface area contributed by atoms with Crippen molar-refractivity contribution in [2.24, 2.45) is 0 Å². The van der Waals surface area contributed by atoms with Crippen molar-refractivity contribution in [1.82, 2.24) is 4.90 Å². The van der Waals surface area contributed by atoms with Gasteiger partial charge in [0.25, 0.3) is 8.32 Å². The molecule has 0 unspecified atom stereocenters. The second-order valence-corrected chi connectivity index (χ2v) is 16.3. The third-order valence-corrected chi connectivity index (χ3v) is 12.9. The predicted molar refractivity (Wildman–Crippen MR) is 177 cm³/mol. The number of carbonyl (C=O) groups is 1. The maximum absolute atomic E-state index is 12.7. The first-order valence-corrected chi connectivity index (χ1v) is 17.1. The highest BCUT2D eigenvalue weighted by Gasteiger charge is 2.51. The van der Waals surface area contributed by atoms with Crippen LogP contribution in [0.3, 0.4) is 0 Å². The van der Waals surface area contributed by atoms with E-state index in [0.717, 1.165) is 11.1 Å². The number of aliphatic hydroxyl groups is 1. The highest BCUT2D eigenvalue weighted by molar-refractivity contribution is 6.99. The van der Waals surface area contributed by atoms with Gasteiger partial charge in [0.05, 0.1) is 31.8 Å². The summed E-state index contributed by atoms with van der Waals surface area (Å²) in [7, 11) is -2.90. The third-order valence-electron chi connectivity index (χ3n) is 7.94. The van der Waals surface area contributed by atoms with Crippen molar-refractivity contribution in [3.05, 3.63) is 132 Å². The van der Waals surface area contributed by atoms with Crippen molar-refractivity contribution in [1.29, 1.82) is 0 Å². The van der Waals surface area contributed by atoms with Crippen molar-refractivity contribution in [2.45, 2.75) is 64.4 Å². The fraction of sp³-hybridized carbons (Fsp3) is 0.324. The quantitative estimate of drug-likeness (QED) is 0.144. The van der Waals surface area contributed by atoms with Crippen molar-refractivity contribution < 1.29 is 19.1 Å². The van der Waals surface area contributed by atoms with Crippen LogP contribution < -0.4 is 10.4 Å². The SMILES string of the molecule is CCOC(=O)C[C@H](O)[C@H](CO[Si](c1ccccc1)(c1ccccc1)C(C)(C)C)N(Cc1ccccc1)Cc1ccccc1. The Morgan fingerprint density at radius 1 is 0.744 bits per heavy atom. The molecule has 0 spiro atoms. The number of aliphatic hydroxyl groups excluding tert-OH is 1. The van der Waals surface area contributed by atoms with Crippen LogP contribution in [-0.4, -0.2) is 49.7 Å². The minimum absolute atomic E-state index is 0.108. The third kappa shape index (κ3) is 8.30. The van der Waals surface area contributed by atoms with Gasteiger partial charge in [-0.15, -0.1) is 0 Å². The largest absolute Gasteiger partial charge is 0.466 e. The Bertz CT molecular complexity index is 1300. The lowest BCUT2D eigenvalue weighted by Gasteiger charge is -2.45. The first-order valence-electron chi connectivity index (χ1n) is 15.1. The molecule has 0 aliphatic heterocycles. The van der Waals surface area contributed by atoms with Gasteiger partial charge in [-0.2, -0.15) is 0 Å². The average molecular weight is 596 g/mol. The zero-order chi connectivity index (χ0) is 30.7. The second-order valence-electron chi connectivity index (χ2n) is 12.0. The zero-order valence-electron chi connectivity index (χ0n) is 25.9. The number of benzene rings is 4. The van der Waals surface area contributed by atoms with Gasteiger partial charge in [0.15, 0.2) is 0 Å². The molecule has 0 aliphatic rings. The Kier molecular flexibility index (Phi) is 11.5. The lowest BCUT2D eigenvalue weighted by Crippen LogP contribution is -2.67. The van der Waals surface area contributed by atoms with Gasteiger partial charge in [0.1, 0.15) is 0 Å². The van der Waals surface area contributed by atoms with E-state index in [1.165, 1.54) is 10.4 Å². The van der Waals surface area contributed by atoms with E-state index in [0.29, 0.717) is 13.1 Å². The van der Waals surface area contributed by atoms with E-state index in [1.807, 2.05) is 48.5 Å². The molecule has 43 heavy (non-hydrogen) atoms. The molecule has 0 bridgehead atoms. The van der Waals surface area contributed by atoms with Crippen LogP contribution >= 0.6 is 0 Å². The number of rotatable bonds is 14. The molecule has 0 aliphatic carbocycles. The number of ether oxygens (including phenoxy) is 1. The van der Waals surface area contributed by atoms with Gasteiger partial charge in [0.2, 0.25) is 0 Å². The number of carbonyl (C=O) groups excluding carboxylic acids is 1. The summed E-state index contributed by atoms with van der Waals surface area (Å²) in [4.78, 5) is 14.9. The Balaban J connectivity index is 1.79. The Morgan fingerprint density at radius 2 is 1.16 bits per heavy atom. The average Bonchev–Trinajstić information content (AvgIpc) is 3.00. The molecule has 0 heterocycles. The standard InChI is InChI=1S/C37H45NO4Si/c1-5-41-36(40)26-35(39)34(38(27-30-18-10-6-11-19-30)28-31-20-12-7-13-21-31)29-42-43(37(2,3)4,32-22-14-8-15-23-32)33-24-16-9-17-25-33/h6-25,34-35,39H,5,26-29H2,1-4H3/t34-,35-/m0/s1. The van der Waals surface area contributed by atoms with E-state index < -0.39 is 26.4 Å². The molecular weight excluding hydrogens is 550 g/mol. The van der Waals surface area contributed by atoms with Crippen molar-refractivity contribution >= 4 is 24.7 Å². The van der Waals surface area contributed by atoms with E-state index in [4.69, 9.17) is 9.16 Å². The number of nitrogens with zero attached hydrogens (tertiary/aromatic N) is 1. The summed E-state index contributed by atoms with van der Waals surface area (Å²) < 4.78 is 12.6. The number of esters is 1. The highest BCUT2D eigenvalue weighted by atomic mass is 28.4. The zero-order valence-corrected chi connectivity index (χ0v) is 26.9. The van der Waals surface area contributed by atoms with Crippen LogP contribution in [0, 0.1) is 0 Å². The van der Waals surface area contributed by atoms with E-state index in [9.17, 15) is 9.90 Å². The minimum atomic E-state index is -2.90. The molecule has 4 aromatic carbocycles. The molecular formula is C37H45NO4Si. The predicted octanol–water partition coefficient (Wildman–Crippen LogP) is 5.95. The molecule has 2 atom stereocenters. The van der Waals surface area contributed by atoms with Crippen LogP contribution in [0.1, 0.15) is 45.2 Å². The summed E-state index contributed by atoms with van der Waals surface area (Å²) in [6.07, 6.45) is -1.10. The first-order chi connectivity index (χ1) is 20.7. The summed E-state index contributed by atoms with van der Waals surface area (Å²) in [5.41, 5.74) is 2.24. The van der Waals surface area contributed by atoms with Crippen molar-refractivity contribution in [3.8, 4) is 0 Å². The summed E-state index contributed by atoms with van der Waals surface area (Å²) in [5.74, 6) is -0.412. The summed E-state index contributed by atoms with van der Waals surface area (Å²) in [6, 6.07) is 41.0. The van der Waals surface area contributed by atoms with E-state index in [2.05, 4.69) is 98.5 Å². The van der Waals surface area contributed by atoms with Gasteiger partial charge in [-0.05, 0) is 33.5 Å². The Morgan fingerprint density at radius 3 is 1.56 bits per heavy atom. The van der Waals surface area contributed by atoms with Gasteiger partial charge in [0, 0.05) is 13.1 Å². The van der Waals surface area contributed by atoms with Crippen molar-refractivity contribution in [2.75, 3.05) is 13.2 Å². The maximum Gasteiger partial charge on any atom is 0.308 e.